The number of aromatic nitrogens is 2. The average molecular weight is 436 g/mol. The molecular weight excluding hydrogens is 406 g/mol. The summed E-state index contributed by atoms with van der Waals surface area (Å²) in [6.07, 6.45) is 4.99. The van der Waals surface area contributed by atoms with Gasteiger partial charge in [-0.1, -0.05) is 38.1 Å². The van der Waals surface area contributed by atoms with E-state index in [1.54, 1.807) is 0 Å². The number of para-hydroxylation sites is 2. The highest BCUT2D eigenvalue weighted by molar-refractivity contribution is 6.09. The normalized spacial score (nSPS) is 26.0. The summed E-state index contributed by atoms with van der Waals surface area (Å²) in [6, 6.07) is 7.76. The maximum atomic E-state index is 12.9. The molecule has 0 unspecified atom stereocenters. The number of allylic oxidation sites excluding steroid dienone is 2. The van der Waals surface area contributed by atoms with Crippen molar-refractivity contribution in [3.8, 4) is 0 Å². The van der Waals surface area contributed by atoms with Gasteiger partial charge in [0.1, 0.15) is 6.54 Å². The number of benzene rings is 1. The van der Waals surface area contributed by atoms with Crippen molar-refractivity contribution in [1.82, 2.24) is 19.4 Å². The van der Waals surface area contributed by atoms with E-state index in [0.717, 1.165) is 42.0 Å². The van der Waals surface area contributed by atoms with Crippen LogP contribution >= 0.6 is 0 Å². The minimum absolute atomic E-state index is 0.138. The van der Waals surface area contributed by atoms with Crippen molar-refractivity contribution in [3.05, 3.63) is 36.4 Å². The van der Waals surface area contributed by atoms with Gasteiger partial charge in [-0.2, -0.15) is 0 Å². The molecule has 1 aromatic carbocycles. The number of carbonyl (C=O) groups excluding carboxylic acids is 3. The second-order valence-electron chi connectivity index (χ2n) is 8.91. The van der Waals surface area contributed by atoms with Gasteiger partial charge in [0, 0.05) is 13.1 Å². The number of hydrogen-bond acceptors (Lipinski definition) is 5. The van der Waals surface area contributed by atoms with Crippen molar-refractivity contribution >= 4 is 34.7 Å². The van der Waals surface area contributed by atoms with E-state index in [-0.39, 0.29) is 42.0 Å². The van der Waals surface area contributed by atoms with Crippen molar-refractivity contribution in [2.24, 2.45) is 23.7 Å². The Hall–Kier alpha value is -3.00. The quantitative estimate of drug-likeness (QED) is 0.507. The number of imide groups is 1. The molecule has 1 aromatic heterocycles. The van der Waals surface area contributed by atoms with Gasteiger partial charge in [0.05, 0.1) is 22.9 Å². The van der Waals surface area contributed by atoms with Crippen molar-refractivity contribution in [3.63, 3.8) is 0 Å². The lowest BCUT2D eigenvalue weighted by molar-refractivity contribution is -0.143. The molecule has 8 heteroatoms. The molecule has 3 aliphatic rings. The maximum Gasteiger partial charge on any atom is 0.246 e. The molecular formula is C24H29N5O3. The lowest BCUT2D eigenvalue weighted by Crippen LogP contribution is -2.39. The number of nitrogens with zero attached hydrogens (tertiary/aromatic N) is 4. The highest BCUT2D eigenvalue weighted by Gasteiger charge is 2.59. The number of amides is 3. The van der Waals surface area contributed by atoms with Crippen LogP contribution in [0.4, 0.5) is 5.95 Å². The van der Waals surface area contributed by atoms with E-state index in [0.29, 0.717) is 12.5 Å². The molecule has 8 nitrogen and oxygen atoms in total. The van der Waals surface area contributed by atoms with Crippen LogP contribution < -0.4 is 5.32 Å². The minimum Gasteiger partial charge on any atom is -0.309 e. The van der Waals surface area contributed by atoms with Crippen LogP contribution in [-0.2, 0) is 20.9 Å². The summed E-state index contributed by atoms with van der Waals surface area (Å²) in [5, 5.41) is 2.86. The molecule has 1 N–H and O–H groups in total. The van der Waals surface area contributed by atoms with Crippen LogP contribution in [0.15, 0.2) is 36.4 Å². The Bertz CT molecular complexity index is 1070. The average Bonchev–Trinajstić information content (AvgIpc) is 3.54. The number of rotatable bonds is 8. The molecule has 2 heterocycles. The first-order valence-electron chi connectivity index (χ1n) is 11.5. The van der Waals surface area contributed by atoms with Crippen LogP contribution in [0.5, 0.6) is 0 Å². The van der Waals surface area contributed by atoms with E-state index in [1.807, 2.05) is 28.8 Å². The van der Waals surface area contributed by atoms with Crippen LogP contribution in [-0.4, -0.2) is 63.3 Å². The molecule has 4 atom stereocenters. The number of fused-ring (bicyclic) bond motifs is 6. The summed E-state index contributed by atoms with van der Waals surface area (Å²) in [6.45, 7) is 7.39. The molecule has 168 valence electrons. The smallest absolute Gasteiger partial charge is 0.246 e. The van der Waals surface area contributed by atoms with Gasteiger partial charge in [-0.15, -0.1) is 0 Å². The van der Waals surface area contributed by atoms with Crippen molar-refractivity contribution in [2.45, 2.75) is 26.8 Å². The van der Waals surface area contributed by atoms with Gasteiger partial charge in [0.25, 0.3) is 0 Å². The predicted molar refractivity (Wildman–Crippen MR) is 121 cm³/mol. The van der Waals surface area contributed by atoms with E-state index in [9.17, 15) is 14.4 Å². The summed E-state index contributed by atoms with van der Waals surface area (Å²) < 4.78 is 2.00. The van der Waals surface area contributed by atoms with Crippen molar-refractivity contribution < 1.29 is 14.4 Å². The fourth-order valence-electron chi connectivity index (χ4n) is 5.61. The molecule has 0 radical (unpaired) electrons. The molecule has 32 heavy (non-hydrogen) atoms. The lowest BCUT2D eigenvalue weighted by atomic mass is 9.85. The molecule has 2 fully saturated rings. The zero-order chi connectivity index (χ0) is 22.4. The molecule has 0 spiro atoms. The van der Waals surface area contributed by atoms with Gasteiger partial charge in [0.15, 0.2) is 0 Å². The third kappa shape index (κ3) is 3.33. The number of anilines is 1. The van der Waals surface area contributed by atoms with Gasteiger partial charge in [0.2, 0.25) is 23.7 Å². The Kier molecular flexibility index (Phi) is 5.33. The van der Waals surface area contributed by atoms with E-state index >= 15 is 0 Å². The fraction of sp³-hybridized carbons (Fsp3) is 0.500. The first-order chi connectivity index (χ1) is 15.5. The summed E-state index contributed by atoms with van der Waals surface area (Å²) in [5.41, 5.74) is 1.74. The SMILES string of the molecule is CCN(CC)CCn1c(NC(=O)CN2C(=O)[C@@H]3[C@H](C2=O)[C@H]2C=C[C@H]3C2)nc2ccccc21. The standard InChI is InChI=1S/C24H29N5O3/c1-3-27(4-2)11-12-28-18-8-6-5-7-17(18)25-24(28)26-19(30)14-29-22(31)20-15-9-10-16(13-15)21(20)23(29)32/h5-10,15-16,20-21H,3-4,11-14H2,1-2H3,(H,25,26,30)/t15-,16-,20-,21+/m0/s1. The Labute approximate surface area is 187 Å². The van der Waals surface area contributed by atoms with Gasteiger partial charge >= 0.3 is 0 Å². The Morgan fingerprint density at radius 2 is 1.75 bits per heavy atom. The van der Waals surface area contributed by atoms with E-state index < -0.39 is 5.91 Å². The van der Waals surface area contributed by atoms with Crippen molar-refractivity contribution in [1.29, 1.82) is 0 Å². The zero-order valence-electron chi connectivity index (χ0n) is 18.5. The summed E-state index contributed by atoms with van der Waals surface area (Å²) >= 11 is 0. The van der Waals surface area contributed by atoms with Crippen LogP contribution in [0, 0.1) is 23.7 Å². The van der Waals surface area contributed by atoms with Gasteiger partial charge in [-0.3, -0.25) is 24.6 Å². The highest BCUT2D eigenvalue weighted by Crippen LogP contribution is 2.52. The molecule has 2 aromatic rings. The number of likely N-dealkylation sites (tertiary alicyclic amines) is 1. The Morgan fingerprint density at radius 3 is 2.41 bits per heavy atom. The van der Waals surface area contributed by atoms with Gasteiger partial charge in [-0.25, -0.2) is 4.98 Å². The molecule has 3 amide bonds. The summed E-state index contributed by atoms with van der Waals surface area (Å²) in [4.78, 5) is 46.7. The van der Waals surface area contributed by atoms with E-state index in [2.05, 4.69) is 41.2 Å². The molecule has 5 rings (SSSR count). The third-order valence-corrected chi connectivity index (χ3v) is 7.30. The highest BCUT2D eigenvalue weighted by atomic mass is 16.2. The first-order valence-corrected chi connectivity index (χ1v) is 11.5. The van der Waals surface area contributed by atoms with Crippen LogP contribution in [0.2, 0.25) is 0 Å². The monoisotopic (exact) mass is 435 g/mol. The van der Waals surface area contributed by atoms with Gasteiger partial charge < -0.3 is 9.47 Å². The van der Waals surface area contributed by atoms with Crippen LogP contribution in [0.1, 0.15) is 20.3 Å². The summed E-state index contributed by atoms with van der Waals surface area (Å²) in [7, 11) is 0. The van der Waals surface area contributed by atoms with Gasteiger partial charge in [-0.05, 0) is 43.5 Å². The topological polar surface area (TPSA) is 87.5 Å². The fourth-order valence-corrected chi connectivity index (χ4v) is 5.61. The Morgan fingerprint density at radius 1 is 1.09 bits per heavy atom. The summed E-state index contributed by atoms with van der Waals surface area (Å²) in [5.74, 6) is -0.662. The second-order valence-corrected chi connectivity index (χ2v) is 8.91. The Balaban J connectivity index is 1.32. The maximum absolute atomic E-state index is 12.9. The minimum atomic E-state index is -0.397. The first kappa shape index (κ1) is 20.9. The number of imidazole rings is 1. The molecule has 1 aliphatic heterocycles. The molecule has 2 bridgehead atoms. The van der Waals surface area contributed by atoms with Crippen LogP contribution in [0.3, 0.4) is 0 Å². The molecule has 1 saturated heterocycles. The van der Waals surface area contributed by atoms with E-state index in [1.165, 1.54) is 0 Å². The lowest BCUT2D eigenvalue weighted by Gasteiger charge is -2.20. The largest absolute Gasteiger partial charge is 0.309 e. The number of carbonyl (C=O) groups is 3. The van der Waals surface area contributed by atoms with E-state index in [4.69, 9.17) is 0 Å². The van der Waals surface area contributed by atoms with Crippen molar-refractivity contribution in [2.75, 3.05) is 31.5 Å². The third-order valence-electron chi connectivity index (χ3n) is 7.30. The molecule has 2 aliphatic carbocycles. The second kappa shape index (κ2) is 8.16. The number of nitrogens with one attached hydrogen (secondary N) is 1. The van der Waals surface area contributed by atoms with Crippen LogP contribution in [0.25, 0.3) is 11.0 Å². The zero-order valence-corrected chi connectivity index (χ0v) is 18.5. The molecule has 1 saturated carbocycles. The number of likely N-dealkylation sites (N-methyl/N-ethyl adjacent to an activating group) is 1. The number of hydrogen-bond donors (Lipinski definition) is 1. The predicted octanol–water partition coefficient (Wildman–Crippen LogP) is 2.12.